The van der Waals surface area contributed by atoms with Crippen LogP contribution >= 0.6 is 0 Å². The van der Waals surface area contributed by atoms with Gasteiger partial charge in [0.15, 0.2) is 0 Å². The Morgan fingerprint density at radius 1 is 1.23 bits per heavy atom. The fourth-order valence-corrected chi connectivity index (χ4v) is 3.60. The second-order valence-corrected chi connectivity index (χ2v) is 7.86. The lowest BCUT2D eigenvalue weighted by Crippen LogP contribution is -2.37. The minimum atomic E-state index is -0.434. The van der Waals surface area contributed by atoms with Gasteiger partial charge < -0.3 is 5.32 Å². The molecule has 0 bridgehead atoms. The Kier molecular flexibility index (Phi) is 4.13. The van der Waals surface area contributed by atoms with Crippen LogP contribution in [0.15, 0.2) is 33.5 Å². The number of anilines is 1. The molecule has 1 aliphatic carbocycles. The first-order valence-corrected chi connectivity index (χ1v) is 8.57. The Bertz CT molecular complexity index is 1050. The molecular formula is C19H24N4O3. The van der Waals surface area contributed by atoms with Gasteiger partial charge in [-0.1, -0.05) is 25.5 Å². The number of rotatable bonds is 3. The molecule has 0 saturated heterocycles. The molecule has 2 atom stereocenters. The fourth-order valence-electron chi connectivity index (χ4n) is 3.60. The van der Waals surface area contributed by atoms with E-state index >= 15 is 0 Å². The van der Waals surface area contributed by atoms with Crippen molar-refractivity contribution in [3.63, 3.8) is 0 Å². The molecule has 0 radical (unpaired) electrons. The third kappa shape index (κ3) is 2.77. The fraction of sp³-hybridized carbons (Fsp3) is 0.474. The highest BCUT2D eigenvalue weighted by molar-refractivity contribution is 5.96. The average molecular weight is 356 g/mol. The van der Waals surface area contributed by atoms with Crippen LogP contribution in [0.2, 0.25) is 0 Å². The molecule has 2 unspecified atom stereocenters. The van der Waals surface area contributed by atoms with Crippen molar-refractivity contribution in [3.8, 4) is 0 Å². The zero-order valence-electron chi connectivity index (χ0n) is 16.0. The molecule has 1 fully saturated rings. The van der Waals surface area contributed by atoms with E-state index in [0.717, 1.165) is 4.57 Å². The van der Waals surface area contributed by atoms with Gasteiger partial charge in [-0.15, -0.1) is 0 Å². The van der Waals surface area contributed by atoms with Gasteiger partial charge in [0.25, 0.3) is 5.56 Å². The summed E-state index contributed by atoms with van der Waals surface area (Å²) in [6.45, 7) is 8.20. The summed E-state index contributed by atoms with van der Waals surface area (Å²) in [6, 6.07) is 1.58. The van der Waals surface area contributed by atoms with Crippen molar-refractivity contribution in [1.29, 1.82) is 0 Å². The summed E-state index contributed by atoms with van der Waals surface area (Å²) in [5, 5.41) is 3.16. The first kappa shape index (κ1) is 18.1. The van der Waals surface area contributed by atoms with Crippen molar-refractivity contribution in [2.75, 3.05) is 5.32 Å². The lowest BCUT2D eigenvalue weighted by molar-refractivity contribution is -0.118. The van der Waals surface area contributed by atoms with E-state index in [2.05, 4.69) is 30.2 Å². The van der Waals surface area contributed by atoms with E-state index in [1.54, 1.807) is 13.1 Å². The van der Waals surface area contributed by atoms with Gasteiger partial charge in [-0.2, -0.15) is 0 Å². The van der Waals surface area contributed by atoms with Crippen molar-refractivity contribution in [1.82, 2.24) is 14.1 Å². The Labute approximate surface area is 151 Å². The summed E-state index contributed by atoms with van der Waals surface area (Å²) >= 11 is 0. The molecule has 1 amide bonds. The number of pyridine rings is 1. The summed E-state index contributed by atoms with van der Waals surface area (Å²) in [6.07, 6.45) is 3.61. The summed E-state index contributed by atoms with van der Waals surface area (Å²) in [7, 11) is 2.98. The maximum absolute atomic E-state index is 12.7. The topological polar surface area (TPSA) is 86.0 Å². The van der Waals surface area contributed by atoms with Gasteiger partial charge in [0.1, 0.15) is 5.65 Å². The van der Waals surface area contributed by atoms with Crippen LogP contribution in [0.4, 0.5) is 5.69 Å². The zero-order chi connectivity index (χ0) is 19.4. The highest BCUT2D eigenvalue weighted by atomic mass is 16.2. The number of hydrogen-bond donors (Lipinski definition) is 1. The van der Waals surface area contributed by atoms with Crippen LogP contribution in [-0.2, 0) is 18.9 Å². The van der Waals surface area contributed by atoms with Crippen LogP contribution in [0.3, 0.4) is 0 Å². The van der Waals surface area contributed by atoms with Crippen molar-refractivity contribution in [3.05, 3.63) is 44.8 Å². The van der Waals surface area contributed by atoms with E-state index in [4.69, 9.17) is 0 Å². The quantitative estimate of drug-likeness (QED) is 0.850. The summed E-state index contributed by atoms with van der Waals surface area (Å²) in [5.74, 6) is 0.00552. The smallest absolute Gasteiger partial charge is 0.324 e. The molecule has 2 aromatic heterocycles. The number of fused-ring (bicyclic) bond motifs is 1. The number of carbonyl (C=O) groups is 1. The predicted octanol–water partition coefficient (Wildman–Crippen LogP) is 1.81. The molecule has 1 N–H and O–H groups in total. The lowest BCUT2D eigenvalue weighted by Gasteiger charge is -2.09. The summed E-state index contributed by atoms with van der Waals surface area (Å²) in [4.78, 5) is 41.2. The number of aryl methyl sites for hydroxylation is 1. The van der Waals surface area contributed by atoms with Crippen LogP contribution < -0.4 is 16.6 Å². The highest BCUT2D eigenvalue weighted by Crippen LogP contribution is 2.59. The van der Waals surface area contributed by atoms with Crippen LogP contribution in [-0.4, -0.2) is 20.0 Å². The normalized spacial score (nSPS) is 20.7. The Hall–Kier alpha value is -2.70. The minimum Gasteiger partial charge on any atom is -0.324 e. The minimum absolute atomic E-state index is 0.0831. The van der Waals surface area contributed by atoms with Gasteiger partial charge in [-0.25, -0.2) is 9.78 Å². The molecule has 3 rings (SSSR count). The van der Waals surface area contributed by atoms with Crippen molar-refractivity contribution < 1.29 is 4.79 Å². The molecule has 0 aromatic carbocycles. The van der Waals surface area contributed by atoms with Gasteiger partial charge in [-0.3, -0.25) is 18.7 Å². The third-order valence-corrected chi connectivity index (χ3v) is 5.27. The van der Waals surface area contributed by atoms with Crippen LogP contribution in [0, 0.1) is 17.3 Å². The number of carbonyl (C=O) groups excluding carboxylic acids is 1. The third-order valence-electron chi connectivity index (χ3n) is 5.27. The van der Waals surface area contributed by atoms with Crippen LogP contribution in [0.5, 0.6) is 0 Å². The van der Waals surface area contributed by atoms with E-state index in [1.165, 1.54) is 23.4 Å². The monoisotopic (exact) mass is 356 g/mol. The lowest BCUT2D eigenvalue weighted by atomic mass is 10.1. The molecule has 138 valence electrons. The second-order valence-electron chi connectivity index (χ2n) is 7.86. The standard InChI is InChI=1S/C19H24N4O3/c1-10(2)7-13-14(19(13,3)4)16(24)21-11-8-12-15(20-9-11)22(5)18(26)23(6)17(12)25/h7-9,13-14H,1-6H3,(H,21,24). The first-order chi connectivity index (χ1) is 12.1. The zero-order valence-corrected chi connectivity index (χ0v) is 16.0. The first-order valence-electron chi connectivity index (χ1n) is 8.57. The molecule has 1 aliphatic rings. The number of hydrogen-bond acceptors (Lipinski definition) is 4. The number of aromatic nitrogens is 3. The van der Waals surface area contributed by atoms with Gasteiger partial charge in [0, 0.05) is 14.1 Å². The summed E-state index contributed by atoms with van der Waals surface area (Å²) < 4.78 is 2.35. The van der Waals surface area contributed by atoms with Gasteiger partial charge in [-0.05, 0) is 31.2 Å². The van der Waals surface area contributed by atoms with Crippen LogP contribution in [0.25, 0.3) is 11.0 Å². The molecule has 2 aromatic rings. The van der Waals surface area contributed by atoms with Gasteiger partial charge >= 0.3 is 5.69 Å². The number of nitrogens with zero attached hydrogens (tertiary/aromatic N) is 3. The van der Waals surface area contributed by atoms with Crippen molar-refractivity contribution >= 4 is 22.6 Å². The Balaban J connectivity index is 1.93. The maximum Gasteiger partial charge on any atom is 0.332 e. The predicted molar refractivity (Wildman–Crippen MR) is 101 cm³/mol. The van der Waals surface area contributed by atoms with Crippen molar-refractivity contribution in [2.24, 2.45) is 31.3 Å². The van der Waals surface area contributed by atoms with Gasteiger partial charge in [0.2, 0.25) is 5.91 Å². The molecule has 1 saturated carbocycles. The highest BCUT2D eigenvalue weighted by Gasteiger charge is 2.60. The molecule has 2 heterocycles. The number of amides is 1. The molecule has 26 heavy (non-hydrogen) atoms. The van der Waals surface area contributed by atoms with E-state index in [1.807, 2.05) is 13.8 Å². The number of allylic oxidation sites excluding steroid dienone is 2. The SMILES string of the molecule is CC(C)=CC1C(C(=O)Nc2cnc3c(c2)c(=O)n(C)c(=O)n3C)C1(C)C. The largest absolute Gasteiger partial charge is 0.332 e. The maximum atomic E-state index is 12.7. The van der Waals surface area contributed by atoms with E-state index < -0.39 is 11.2 Å². The van der Waals surface area contributed by atoms with Gasteiger partial charge in [0.05, 0.1) is 23.2 Å². The van der Waals surface area contributed by atoms with E-state index in [0.29, 0.717) is 16.7 Å². The molecule has 7 heteroatoms. The molecule has 7 nitrogen and oxygen atoms in total. The van der Waals surface area contributed by atoms with Crippen LogP contribution in [0.1, 0.15) is 27.7 Å². The summed E-state index contributed by atoms with van der Waals surface area (Å²) in [5.41, 5.74) is 0.986. The van der Waals surface area contributed by atoms with E-state index in [9.17, 15) is 14.4 Å². The molecule has 0 spiro atoms. The Morgan fingerprint density at radius 2 is 1.88 bits per heavy atom. The Morgan fingerprint density at radius 3 is 2.50 bits per heavy atom. The van der Waals surface area contributed by atoms with E-state index in [-0.39, 0.29) is 23.2 Å². The number of nitrogens with one attached hydrogen (secondary N) is 1. The van der Waals surface area contributed by atoms with Crippen molar-refractivity contribution in [2.45, 2.75) is 27.7 Å². The second kappa shape index (κ2) is 5.93. The molecular weight excluding hydrogens is 332 g/mol. The molecule has 0 aliphatic heterocycles. The average Bonchev–Trinajstić information content (AvgIpc) is 3.10.